The van der Waals surface area contributed by atoms with Crippen molar-refractivity contribution in [3.05, 3.63) is 71.8 Å². The van der Waals surface area contributed by atoms with Crippen molar-refractivity contribution >= 4 is 6.03 Å². The Bertz CT molecular complexity index is 605. The maximum absolute atomic E-state index is 12.1. The second kappa shape index (κ2) is 7.47. The lowest BCUT2D eigenvalue weighted by Crippen LogP contribution is -2.49. The molecule has 5 heteroatoms. The quantitative estimate of drug-likeness (QED) is 0.682. The van der Waals surface area contributed by atoms with E-state index in [1.165, 1.54) is 0 Å². The molecule has 2 aromatic rings. The van der Waals surface area contributed by atoms with Crippen LogP contribution in [0.3, 0.4) is 0 Å². The van der Waals surface area contributed by atoms with Gasteiger partial charge in [0.1, 0.15) is 12.2 Å². The van der Waals surface area contributed by atoms with E-state index in [1.807, 2.05) is 60.7 Å². The fraction of sp³-hybridized carbons (Fsp3) is 0.316. The van der Waals surface area contributed by atoms with E-state index in [4.69, 9.17) is 0 Å². The molecule has 4 atom stereocenters. The Morgan fingerprint density at radius 3 is 1.46 bits per heavy atom. The molecule has 24 heavy (non-hydrogen) atoms. The smallest absolute Gasteiger partial charge is 0.315 e. The van der Waals surface area contributed by atoms with Crippen LogP contribution in [0.25, 0.3) is 0 Å². The summed E-state index contributed by atoms with van der Waals surface area (Å²) >= 11 is 0. The Morgan fingerprint density at radius 2 is 1.08 bits per heavy atom. The monoisotopic (exact) mass is 326 g/mol. The number of urea groups is 1. The largest absolute Gasteiger partial charge is 0.388 e. The van der Waals surface area contributed by atoms with Gasteiger partial charge in [0, 0.05) is 0 Å². The summed E-state index contributed by atoms with van der Waals surface area (Å²) < 4.78 is 0. The molecule has 1 heterocycles. The van der Waals surface area contributed by atoms with Gasteiger partial charge in [-0.05, 0) is 24.0 Å². The van der Waals surface area contributed by atoms with Gasteiger partial charge in [0.25, 0.3) is 0 Å². The van der Waals surface area contributed by atoms with Crippen LogP contribution in [0.4, 0.5) is 4.79 Å². The lowest BCUT2D eigenvalue weighted by Gasteiger charge is -2.27. The molecule has 2 amide bonds. The van der Waals surface area contributed by atoms with Gasteiger partial charge in [0.15, 0.2) is 0 Å². The van der Waals surface area contributed by atoms with Gasteiger partial charge < -0.3 is 20.8 Å². The molecule has 5 nitrogen and oxygen atoms in total. The minimum atomic E-state index is -1.04. The fourth-order valence-corrected chi connectivity index (χ4v) is 3.10. The third-order valence-corrected chi connectivity index (χ3v) is 4.40. The van der Waals surface area contributed by atoms with Crippen LogP contribution in [0.15, 0.2) is 60.7 Å². The predicted octanol–water partition coefficient (Wildman–Crippen LogP) is 1.24. The number of rotatable bonds is 4. The van der Waals surface area contributed by atoms with Crippen LogP contribution >= 0.6 is 0 Å². The Kier molecular flexibility index (Phi) is 5.13. The van der Waals surface area contributed by atoms with Crippen molar-refractivity contribution in [3.63, 3.8) is 0 Å². The van der Waals surface area contributed by atoms with Crippen molar-refractivity contribution in [1.29, 1.82) is 0 Å². The van der Waals surface area contributed by atoms with Gasteiger partial charge in [-0.3, -0.25) is 0 Å². The van der Waals surface area contributed by atoms with Gasteiger partial charge in [-0.25, -0.2) is 4.79 Å². The van der Waals surface area contributed by atoms with Crippen LogP contribution in [-0.4, -0.2) is 40.5 Å². The van der Waals surface area contributed by atoms with E-state index in [0.29, 0.717) is 12.8 Å². The Labute approximate surface area is 141 Å². The predicted molar refractivity (Wildman–Crippen MR) is 91.5 cm³/mol. The van der Waals surface area contributed by atoms with Gasteiger partial charge >= 0.3 is 6.03 Å². The van der Waals surface area contributed by atoms with Crippen LogP contribution in [0.5, 0.6) is 0 Å². The first kappa shape index (κ1) is 16.5. The molecule has 1 fully saturated rings. The molecule has 0 aromatic heterocycles. The zero-order valence-corrected chi connectivity index (χ0v) is 13.3. The molecule has 126 valence electrons. The third kappa shape index (κ3) is 3.93. The standard InChI is InChI=1S/C19H22N2O3/c22-17-15(11-13-7-3-1-4-8-13)20-19(24)21-16(18(17)23)12-14-9-5-2-6-10-14/h1-10,15-18,22-23H,11-12H2,(H2,20,21,24)/t15-,16?,17?,18?/m1/s1. The number of aliphatic hydroxyl groups is 2. The average Bonchev–Trinajstić information content (AvgIpc) is 2.69. The van der Waals surface area contributed by atoms with E-state index in [9.17, 15) is 15.0 Å². The highest BCUT2D eigenvalue weighted by Crippen LogP contribution is 2.16. The van der Waals surface area contributed by atoms with Crippen LogP contribution in [0, 0.1) is 0 Å². The summed E-state index contributed by atoms with van der Waals surface area (Å²) in [5.41, 5.74) is 1.99. The van der Waals surface area contributed by atoms with Crippen LogP contribution < -0.4 is 10.6 Å². The molecule has 3 unspecified atom stereocenters. The summed E-state index contributed by atoms with van der Waals surface area (Å²) in [5.74, 6) is 0. The van der Waals surface area contributed by atoms with Crippen LogP contribution in [-0.2, 0) is 12.8 Å². The zero-order valence-electron chi connectivity index (χ0n) is 13.3. The molecule has 0 saturated carbocycles. The second-order valence-corrected chi connectivity index (χ2v) is 6.19. The van der Waals surface area contributed by atoms with Crippen molar-refractivity contribution in [1.82, 2.24) is 10.6 Å². The molecule has 0 spiro atoms. The zero-order chi connectivity index (χ0) is 16.9. The normalized spacial score (nSPS) is 27.0. The Morgan fingerprint density at radius 1 is 0.708 bits per heavy atom. The Hall–Kier alpha value is -2.37. The molecular weight excluding hydrogens is 304 g/mol. The maximum Gasteiger partial charge on any atom is 0.315 e. The number of hydrogen-bond acceptors (Lipinski definition) is 3. The Balaban J connectivity index is 1.73. The van der Waals surface area contributed by atoms with Crippen LogP contribution in [0.2, 0.25) is 0 Å². The molecule has 0 bridgehead atoms. The second-order valence-electron chi connectivity index (χ2n) is 6.19. The van der Waals surface area contributed by atoms with E-state index in [0.717, 1.165) is 11.1 Å². The molecular formula is C19H22N2O3. The molecule has 0 radical (unpaired) electrons. The number of amides is 2. The molecule has 2 aromatic carbocycles. The average molecular weight is 326 g/mol. The van der Waals surface area contributed by atoms with E-state index in [-0.39, 0.29) is 6.03 Å². The van der Waals surface area contributed by atoms with Gasteiger partial charge in [0.2, 0.25) is 0 Å². The first-order valence-electron chi connectivity index (χ1n) is 8.14. The van der Waals surface area contributed by atoms with Gasteiger partial charge in [-0.2, -0.15) is 0 Å². The van der Waals surface area contributed by atoms with Gasteiger partial charge in [-0.15, -0.1) is 0 Å². The van der Waals surface area contributed by atoms with Crippen molar-refractivity contribution in [2.24, 2.45) is 0 Å². The fourth-order valence-electron chi connectivity index (χ4n) is 3.10. The van der Waals surface area contributed by atoms with Crippen molar-refractivity contribution in [2.45, 2.75) is 37.1 Å². The molecule has 1 saturated heterocycles. The summed E-state index contributed by atoms with van der Waals surface area (Å²) in [7, 11) is 0. The number of hydrogen-bond donors (Lipinski definition) is 4. The molecule has 1 aliphatic rings. The summed E-state index contributed by atoms with van der Waals surface area (Å²) in [6.07, 6.45) is -1.16. The number of carbonyl (C=O) groups excluding carboxylic acids is 1. The maximum atomic E-state index is 12.1. The van der Waals surface area contributed by atoms with E-state index in [2.05, 4.69) is 10.6 Å². The van der Waals surface area contributed by atoms with Gasteiger partial charge in [-0.1, -0.05) is 60.7 Å². The highest BCUT2D eigenvalue weighted by molar-refractivity contribution is 5.75. The third-order valence-electron chi connectivity index (χ3n) is 4.40. The SMILES string of the molecule is O=C1NC(Cc2ccccc2)C(O)C(O)[C@@H](Cc2ccccc2)N1. The first-order chi connectivity index (χ1) is 11.6. The summed E-state index contributed by atoms with van der Waals surface area (Å²) in [6.45, 7) is 0. The minimum Gasteiger partial charge on any atom is -0.388 e. The van der Waals surface area contributed by atoms with E-state index < -0.39 is 24.3 Å². The lowest BCUT2D eigenvalue weighted by atomic mass is 9.92. The summed E-state index contributed by atoms with van der Waals surface area (Å²) in [4.78, 5) is 12.1. The highest BCUT2D eigenvalue weighted by atomic mass is 16.3. The van der Waals surface area contributed by atoms with Crippen LogP contribution in [0.1, 0.15) is 11.1 Å². The molecule has 3 rings (SSSR count). The van der Waals surface area contributed by atoms with Gasteiger partial charge in [0.05, 0.1) is 12.1 Å². The van der Waals surface area contributed by atoms with E-state index >= 15 is 0 Å². The molecule has 1 aliphatic heterocycles. The van der Waals surface area contributed by atoms with E-state index in [1.54, 1.807) is 0 Å². The highest BCUT2D eigenvalue weighted by Gasteiger charge is 2.37. The number of nitrogens with one attached hydrogen (secondary N) is 2. The molecule has 4 N–H and O–H groups in total. The summed E-state index contributed by atoms with van der Waals surface area (Å²) in [5, 5.41) is 26.6. The van der Waals surface area contributed by atoms with Crippen molar-refractivity contribution < 1.29 is 15.0 Å². The summed E-state index contributed by atoms with van der Waals surface area (Å²) in [6, 6.07) is 17.8. The number of carbonyl (C=O) groups is 1. The van der Waals surface area contributed by atoms with Crippen molar-refractivity contribution in [3.8, 4) is 0 Å². The topological polar surface area (TPSA) is 81.6 Å². The lowest BCUT2D eigenvalue weighted by molar-refractivity contribution is -0.0116. The number of aliphatic hydroxyl groups excluding tert-OH is 2. The molecule has 0 aliphatic carbocycles. The minimum absolute atomic E-state index is 0.368. The number of benzene rings is 2. The van der Waals surface area contributed by atoms with Crippen molar-refractivity contribution in [2.75, 3.05) is 0 Å². The first-order valence-corrected chi connectivity index (χ1v) is 8.14.